The van der Waals surface area contributed by atoms with Gasteiger partial charge in [-0.1, -0.05) is 12.8 Å². The van der Waals surface area contributed by atoms with Gasteiger partial charge in [0.15, 0.2) is 0 Å². The fraction of sp³-hybridized carbons (Fsp3) is 0.909. The average Bonchev–Trinajstić information content (AvgIpc) is 2.72. The molecule has 14 heavy (non-hydrogen) atoms. The monoisotopic (exact) mass is 196 g/mol. The molecule has 0 spiro atoms. The van der Waals surface area contributed by atoms with Crippen molar-refractivity contribution in [2.24, 2.45) is 5.92 Å². The van der Waals surface area contributed by atoms with Gasteiger partial charge in [0.1, 0.15) is 0 Å². The number of hydrogen-bond donors (Lipinski definition) is 2. The smallest absolute Gasteiger partial charge is 0.223 e. The number of carbonyl (C=O) groups excluding carboxylic acids is 1. The van der Waals surface area contributed by atoms with Crippen molar-refractivity contribution in [1.82, 2.24) is 10.6 Å². The highest BCUT2D eigenvalue weighted by molar-refractivity contribution is 5.79. The molecule has 2 fully saturated rings. The molecule has 3 nitrogen and oxygen atoms in total. The number of carbonyl (C=O) groups is 1. The van der Waals surface area contributed by atoms with Crippen molar-refractivity contribution in [3.05, 3.63) is 0 Å². The molecule has 0 aromatic heterocycles. The molecule has 1 saturated heterocycles. The van der Waals surface area contributed by atoms with Crippen LogP contribution in [0.1, 0.15) is 38.5 Å². The Morgan fingerprint density at radius 3 is 2.57 bits per heavy atom. The molecule has 0 bridgehead atoms. The molecule has 1 aliphatic heterocycles. The topological polar surface area (TPSA) is 41.1 Å². The second-order valence-corrected chi connectivity index (χ2v) is 4.53. The Hall–Kier alpha value is -0.570. The van der Waals surface area contributed by atoms with Crippen LogP contribution in [-0.4, -0.2) is 25.0 Å². The zero-order chi connectivity index (χ0) is 9.80. The summed E-state index contributed by atoms with van der Waals surface area (Å²) in [6.45, 7) is 2.06. The van der Waals surface area contributed by atoms with Crippen molar-refractivity contribution in [2.75, 3.05) is 13.1 Å². The number of amides is 1. The molecule has 3 heteroatoms. The van der Waals surface area contributed by atoms with Gasteiger partial charge in [-0.3, -0.25) is 4.79 Å². The van der Waals surface area contributed by atoms with E-state index in [9.17, 15) is 4.79 Å². The molecule has 1 amide bonds. The zero-order valence-electron chi connectivity index (χ0n) is 8.72. The van der Waals surface area contributed by atoms with Gasteiger partial charge in [-0.2, -0.15) is 0 Å². The summed E-state index contributed by atoms with van der Waals surface area (Å²) in [4.78, 5) is 11.8. The molecule has 0 aromatic carbocycles. The first-order valence-electron chi connectivity index (χ1n) is 5.87. The standard InChI is InChI=1S/C11H20N2O/c14-11(9-4-1-2-5-9)13-10-6-3-7-12-8-10/h9-10,12H,1-8H2,(H,13,14)/t10-/m0/s1. The van der Waals surface area contributed by atoms with Crippen molar-refractivity contribution in [3.63, 3.8) is 0 Å². The third-order valence-corrected chi connectivity index (χ3v) is 3.37. The van der Waals surface area contributed by atoms with Gasteiger partial charge in [-0.25, -0.2) is 0 Å². The third-order valence-electron chi connectivity index (χ3n) is 3.37. The fourth-order valence-corrected chi connectivity index (χ4v) is 2.48. The van der Waals surface area contributed by atoms with E-state index in [0.29, 0.717) is 17.9 Å². The Bertz CT molecular complexity index is 193. The second-order valence-electron chi connectivity index (χ2n) is 4.53. The lowest BCUT2D eigenvalue weighted by Gasteiger charge is -2.25. The first-order chi connectivity index (χ1) is 6.86. The van der Waals surface area contributed by atoms with Crippen LogP contribution in [0.25, 0.3) is 0 Å². The van der Waals surface area contributed by atoms with E-state index >= 15 is 0 Å². The largest absolute Gasteiger partial charge is 0.352 e. The minimum absolute atomic E-state index is 0.302. The van der Waals surface area contributed by atoms with Crippen LogP contribution >= 0.6 is 0 Å². The van der Waals surface area contributed by atoms with E-state index in [0.717, 1.165) is 32.4 Å². The summed E-state index contributed by atoms with van der Waals surface area (Å²) in [5, 5.41) is 6.48. The van der Waals surface area contributed by atoms with Crippen LogP contribution in [0.4, 0.5) is 0 Å². The van der Waals surface area contributed by atoms with E-state index in [-0.39, 0.29) is 0 Å². The van der Waals surface area contributed by atoms with Gasteiger partial charge < -0.3 is 10.6 Å². The molecule has 1 atom stereocenters. The first-order valence-corrected chi connectivity index (χ1v) is 5.87. The first kappa shape index (κ1) is 9.97. The Kier molecular flexibility index (Phi) is 3.40. The van der Waals surface area contributed by atoms with Gasteiger partial charge in [0, 0.05) is 18.5 Å². The molecule has 1 aliphatic carbocycles. The van der Waals surface area contributed by atoms with Crippen LogP contribution in [-0.2, 0) is 4.79 Å². The summed E-state index contributed by atoms with van der Waals surface area (Å²) in [6.07, 6.45) is 7.01. The van der Waals surface area contributed by atoms with E-state index < -0.39 is 0 Å². The minimum Gasteiger partial charge on any atom is -0.352 e. The minimum atomic E-state index is 0.302. The van der Waals surface area contributed by atoms with Crippen LogP contribution in [0.3, 0.4) is 0 Å². The van der Waals surface area contributed by atoms with Crippen molar-refractivity contribution < 1.29 is 4.79 Å². The molecule has 2 N–H and O–H groups in total. The molecule has 0 unspecified atom stereocenters. The summed E-state index contributed by atoms with van der Waals surface area (Å²) >= 11 is 0. The lowest BCUT2D eigenvalue weighted by atomic mass is 10.0. The van der Waals surface area contributed by atoms with Crippen molar-refractivity contribution >= 4 is 5.91 Å². The van der Waals surface area contributed by atoms with Crippen molar-refractivity contribution in [1.29, 1.82) is 0 Å². The third kappa shape index (κ3) is 2.47. The van der Waals surface area contributed by atoms with Crippen LogP contribution < -0.4 is 10.6 Å². The predicted octanol–water partition coefficient (Wildman–Crippen LogP) is 1.04. The van der Waals surface area contributed by atoms with Gasteiger partial charge in [0.05, 0.1) is 0 Å². The summed E-state index contributed by atoms with van der Waals surface area (Å²) in [5.41, 5.74) is 0. The molecule has 80 valence electrons. The van der Waals surface area contributed by atoms with Crippen LogP contribution in [0.15, 0.2) is 0 Å². The normalized spacial score (nSPS) is 29.0. The van der Waals surface area contributed by atoms with E-state index in [4.69, 9.17) is 0 Å². The number of nitrogens with one attached hydrogen (secondary N) is 2. The Morgan fingerprint density at radius 1 is 1.14 bits per heavy atom. The molecule has 1 heterocycles. The van der Waals surface area contributed by atoms with Gasteiger partial charge in [-0.15, -0.1) is 0 Å². The summed E-state index contributed by atoms with van der Waals surface area (Å²) in [7, 11) is 0. The number of piperidine rings is 1. The fourth-order valence-electron chi connectivity index (χ4n) is 2.48. The molecule has 0 aromatic rings. The van der Waals surface area contributed by atoms with Gasteiger partial charge in [0.25, 0.3) is 0 Å². The van der Waals surface area contributed by atoms with Crippen molar-refractivity contribution in [2.45, 2.75) is 44.6 Å². The molecule has 2 rings (SSSR count). The van der Waals surface area contributed by atoms with E-state index in [1.165, 1.54) is 19.3 Å². The zero-order valence-corrected chi connectivity index (χ0v) is 8.72. The molecule has 1 saturated carbocycles. The number of hydrogen-bond acceptors (Lipinski definition) is 2. The molecule has 0 radical (unpaired) electrons. The van der Waals surface area contributed by atoms with Crippen LogP contribution in [0.2, 0.25) is 0 Å². The van der Waals surface area contributed by atoms with Crippen molar-refractivity contribution in [3.8, 4) is 0 Å². The van der Waals surface area contributed by atoms with E-state index in [1.54, 1.807) is 0 Å². The molecular formula is C11H20N2O. The quantitative estimate of drug-likeness (QED) is 0.693. The Balaban J connectivity index is 1.75. The summed E-state index contributed by atoms with van der Waals surface area (Å²) in [5.74, 6) is 0.619. The highest BCUT2D eigenvalue weighted by Crippen LogP contribution is 2.24. The van der Waals surface area contributed by atoms with E-state index in [1.807, 2.05) is 0 Å². The maximum atomic E-state index is 11.8. The lowest BCUT2D eigenvalue weighted by Crippen LogP contribution is -2.47. The van der Waals surface area contributed by atoms with E-state index in [2.05, 4.69) is 10.6 Å². The highest BCUT2D eigenvalue weighted by Gasteiger charge is 2.24. The maximum Gasteiger partial charge on any atom is 0.223 e. The lowest BCUT2D eigenvalue weighted by molar-refractivity contribution is -0.125. The van der Waals surface area contributed by atoms with Crippen LogP contribution in [0.5, 0.6) is 0 Å². The summed E-state index contributed by atoms with van der Waals surface area (Å²) < 4.78 is 0. The summed E-state index contributed by atoms with van der Waals surface area (Å²) in [6, 6.07) is 0.386. The van der Waals surface area contributed by atoms with Gasteiger partial charge in [0.2, 0.25) is 5.91 Å². The molecular weight excluding hydrogens is 176 g/mol. The second kappa shape index (κ2) is 4.78. The van der Waals surface area contributed by atoms with Gasteiger partial charge >= 0.3 is 0 Å². The maximum absolute atomic E-state index is 11.8. The number of rotatable bonds is 2. The Morgan fingerprint density at radius 2 is 1.93 bits per heavy atom. The molecule has 2 aliphatic rings. The predicted molar refractivity (Wildman–Crippen MR) is 56.0 cm³/mol. The highest BCUT2D eigenvalue weighted by atomic mass is 16.1. The SMILES string of the molecule is O=C(N[C@H]1CCCNC1)C1CCCC1. The van der Waals surface area contributed by atoms with Crippen LogP contribution in [0, 0.1) is 5.92 Å². The Labute approximate surface area is 85.6 Å². The van der Waals surface area contributed by atoms with Gasteiger partial charge in [-0.05, 0) is 32.2 Å². The average molecular weight is 196 g/mol.